The van der Waals surface area contributed by atoms with Gasteiger partial charge in [0.25, 0.3) is 0 Å². The molecular weight excluding hydrogens is 122 g/mol. The minimum absolute atomic E-state index is 0.461. The van der Waals surface area contributed by atoms with E-state index in [2.05, 4.69) is 19.9 Å². The Balaban J connectivity index is 2.41. The highest BCUT2D eigenvalue weighted by Gasteiger charge is 2.27. The lowest BCUT2D eigenvalue weighted by Crippen LogP contribution is -2.39. The molecule has 0 radical (unpaired) electrons. The molecule has 1 nitrogen and oxygen atoms in total. The molecule has 0 heterocycles. The Bertz CT molecular complexity index is 138. The van der Waals surface area contributed by atoms with Crippen LogP contribution in [0.4, 0.5) is 0 Å². The molecule has 0 aromatic rings. The summed E-state index contributed by atoms with van der Waals surface area (Å²) in [6.07, 6.45) is 5.97. The van der Waals surface area contributed by atoms with Crippen LogP contribution < -0.4 is 5.73 Å². The second-order valence-electron chi connectivity index (χ2n) is 3.20. The molecule has 1 saturated carbocycles. The van der Waals surface area contributed by atoms with Crippen LogP contribution in [0, 0.1) is 5.92 Å². The van der Waals surface area contributed by atoms with Crippen molar-refractivity contribution in [1.82, 2.24) is 0 Å². The Morgan fingerprint density at radius 1 is 1.60 bits per heavy atom. The van der Waals surface area contributed by atoms with E-state index in [4.69, 9.17) is 5.73 Å². The Kier molecular flexibility index (Phi) is 2.50. The van der Waals surface area contributed by atoms with Crippen LogP contribution in [0.15, 0.2) is 11.6 Å². The molecule has 0 aromatic carbocycles. The Morgan fingerprint density at radius 2 is 2.30 bits per heavy atom. The highest BCUT2D eigenvalue weighted by Crippen LogP contribution is 2.31. The second-order valence-corrected chi connectivity index (χ2v) is 3.20. The molecule has 0 saturated heterocycles. The van der Waals surface area contributed by atoms with Gasteiger partial charge in [0.15, 0.2) is 0 Å². The van der Waals surface area contributed by atoms with Gasteiger partial charge in [0.2, 0.25) is 0 Å². The van der Waals surface area contributed by atoms with Crippen molar-refractivity contribution in [3.8, 4) is 0 Å². The maximum absolute atomic E-state index is 5.81. The van der Waals surface area contributed by atoms with Gasteiger partial charge in [-0.1, -0.05) is 18.6 Å². The Hall–Kier alpha value is -0.300. The standard InChI is InChI=1S/C9H17N/c1-3-4-7(2)8-5-6-9(8)10/h4,8-9H,3,5-6,10H2,1-2H3/b7-4+. The number of hydrogen-bond donors (Lipinski definition) is 1. The molecule has 2 unspecified atom stereocenters. The van der Waals surface area contributed by atoms with Crippen LogP contribution in [0.25, 0.3) is 0 Å². The van der Waals surface area contributed by atoms with E-state index in [1.807, 2.05) is 0 Å². The van der Waals surface area contributed by atoms with E-state index in [0.717, 1.165) is 6.42 Å². The van der Waals surface area contributed by atoms with E-state index in [9.17, 15) is 0 Å². The second kappa shape index (κ2) is 3.20. The van der Waals surface area contributed by atoms with Crippen LogP contribution >= 0.6 is 0 Å². The summed E-state index contributed by atoms with van der Waals surface area (Å²) in [5, 5.41) is 0. The molecule has 0 bridgehead atoms. The quantitative estimate of drug-likeness (QED) is 0.582. The zero-order valence-corrected chi connectivity index (χ0v) is 6.93. The molecule has 2 N–H and O–H groups in total. The minimum atomic E-state index is 0.461. The Morgan fingerprint density at radius 3 is 2.60 bits per heavy atom. The predicted molar refractivity (Wildman–Crippen MR) is 44.7 cm³/mol. The van der Waals surface area contributed by atoms with Crippen LogP contribution in [0.5, 0.6) is 0 Å². The third-order valence-corrected chi connectivity index (χ3v) is 2.44. The van der Waals surface area contributed by atoms with Crippen molar-refractivity contribution < 1.29 is 0 Å². The molecule has 1 rings (SSSR count). The lowest BCUT2D eigenvalue weighted by molar-refractivity contribution is 0.300. The fourth-order valence-electron chi connectivity index (χ4n) is 1.56. The van der Waals surface area contributed by atoms with Crippen LogP contribution in [-0.2, 0) is 0 Å². The minimum Gasteiger partial charge on any atom is -0.327 e. The zero-order chi connectivity index (χ0) is 7.56. The summed E-state index contributed by atoms with van der Waals surface area (Å²) in [5.74, 6) is 0.708. The van der Waals surface area contributed by atoms with Crippen molar-refractivity contribution in [3.05, 3.63) is 11.6 Å². The molecule has 2 atom stereocenters. The molecule has 1 heteroatoms. The van der Waals surface area contributed by atoms with Gasteiger partial charge < -0.3 is 5.73 Å². The zero-order valence-electron chi connectivity index (χ0n) is 6.93. The summed E-state index contributed by atoms with van der Waals surface area (Å²) in [4.78, 5) is 0. The van der Waals surface area contributed by atoms with E-state index in [1.54, 1.807) is 0 Å². The van der Waals surface area contributed by atoms with E-state index in [0.29, 0.717) is 12.0 Å². The van der Waals surface area contributed by atoms with E-state index in [-0.39, 0.29) is 0 Å². The van der Waals surface area contributed by atoms with Gasteiger partial charge in [0.05, 0.1) is 0 Å². The lowest BCUT2D eigenvalue weighted by atomic mass is 9.75. The van der Waals surface area contributed by atoms with Crippen LogP contribution in [-0.4, -0.2) is 6.04 Å². The van der Waals surface area contributed by atoms with Gasteiger partial charge in [0.1, 0.15) is 0 Å². The third-order valence-electron chi connectivity index (χ3n) is 2.44. The summed E-state index contributed by atoms with van der Waals surface area (Å²) >= 11 is 0. The molecule has 0 aliphatic heterocycles. The van der Waals surface area contributed by atoms with Crippen LogP contribution in [0.3, 0.4) is 0 Å². The summed E-state index contributed by atoms with van der Waals surface area (Å²) in [6.45, 7) is 4.38. The van der Waals surface area contributed by atoms with E-state index in [1.165, 1.54) is 18.4 Å². The maximum Gasteiger partial charge on any atom is 0.0105 e. The van der Waals surface area contributed by atoms with Gasteiger partial charge in [-0.3, -0.25) is 0 Å². The summed E-state index contributed by atoms with van der Waals surface area (Å²) in [6, 6.07) is 0.461. The monoisotopic (exact) mass is 139 g/mol. The number of hydrogen-bond acceptors (Lipinski definition) is 1. The average molecular weight is 139 g/mol. The van der Waals surface area contributed by atoms with Gasteiger partial charge in [-0.15, -0.1) is 0 Å². The molecule has 0 spiro atoms. The average Bonchev–Trinajstić information content (AvgIpc) is 1.85. The van der Waals surface area contributed by atoms with Gasteiger partial charge in [-0.2, -0.15) is 0 Å². The van der Waals surface area contributed by atoms with Crippen molar-refractivity contribution in [2.24, 2.45) is 11.7 Å². The SMILES string of the molecule is CC/C=C(\C)C1CCC1N. The van der Waals surface area contributed by atoms with Crippen molar-refractivity contribution >= 4 is 0 Å². The molecular formula is C9H17N. The molecule has 1 aliphatic carbocycles. The first-order valence-electron chi connectivity index (χ1n) is 4.18. The highest BCUT2D eigenvalue weighted by atomic mass is 14.7. The Labute approximate surface area is 63.3 Å². The normalized spacial score (nSPS) is 33.7. The van der Waals surface area contributed by atoms with Gasteiger partial charge in [-0.25, -0.2) is 0 Å². The molecule has 1 aliphatic rings. The van der Waals surface area contributed by atoms with E-state index >= 15 is 0 Å². The third kappa shape index (κ3) is 1.40. The molecule has 58 valence electrons. The fraction of sp³-hybridized carbons (Fsp3) is 0.778. The van der Waals surface area contributed by atoms with Crippen molar-refractivity contribution in [3.63, 3.8) is 0 Å². The van der Waals surface area contributed by atoms with Gasteiger partial charge >= 0.3 is 0 Å². The maximum atomic E-state index is 5.81. The van der Waals surface area contributed by atoms with Crippen LogP contribution in [0.1, 0.15) is 33.1 Å². The molecule has 1 fully saturated rings. The largest absolute Gasteiger partial charge is 0.327 e. The first kappa shape index (κ1) is 7.80. The van der Waals surface area contributed by atoms with E-state index < -0.39 is 0 Å². The van der Waals surface area contributed by atoms with Crippen molar-refractivity contribution in [2.75, 3.05) is 0 Å². The van der Waals surface area contributed by atoms with Crippen molar-refractivity contribution in [2.45, 2.75) is 39.2 Å². The number of rotatable bonds is 2. The summed E-state index contributed by atoms with van der Waals surface area (Å²) < 4.78 is 0. The topological polar surface area (TPSA) is 26.0 Å². The number of allylic oxidation sites excluding steroid dienone is 1. The molecule has 0 aromatic heterocycles. The fourth-order valence-corrected chi connectivity index (χ4v) is 1.56. The van der Waals surface area contributed by atoms with Gasteiger partial charge in [0, 0.05) is 6.04 Å². The van der Waals surface area contributed by atoms with Crippen molar-refractivity contribution in [1.29, 1.82) is 0 Å². The van der Waals surface area contributed by atoms with Crippen LogP contribution in [0.2, 0.25) is 0 Å². The highest BCUT2D eigenvalue weighted by molar-refractivity contribution is 5.10. The summed E-state index contributed by atoms with van der Waals surface area (Å²) in [7, 11) is 0. The first-order valence-corrected chi connectivity index (χ1v) is 4.18. The number of nitrogens with two attached hydrogens (primary N) is 1. The molecule has 0 amide bonds. The van der Waals surface area contributed by atoms with Gasteiger partial charge in [-0.05, 0) is 32.1 Å². The smallest absolute Gasteiger partial charge is 0.0105 e. The summed E-state index contributed by atoms with van der Waals surface area (Å²) in [5.41, 5.74) is 7.31. The predicted octanol–water partition coefficient (Wildman–Crippen LogP) is 2.08. The lowest BCUT2D eigenvalue weighted by Gasteiger charge is -2.34. The molecule has 10 heavy (non-hydrogen) atoms. The first-order chi connectivity index (χ1) is 4.75.